The molecule has 2 aliphatic rings. The van der Waals surface area contributed by atoms with Gasteiger partial charge in [0.2, 0.25) is 5.91 Å². The summed E-state index contributed by atoms with van der Waals surface area (Å²) in [5.74, 6) is -0.0718. The Morgan fingerprint density at radius 3 is 2.77 bits per heavy atom. The molecular weight excluding hydrogens is 192 g/mol. The van der Waals surface area contributed by atoms with Gasteiger partial charge >= 0.3 is 0 Å². The summed E-state index contributed by atoms with van der Waals surface area (Å²) >= 11 is 1.25. The number of aliphatic hydroxyl groups excluding tert-OH is 1. The predicted molar refractivity (Wildman–Crippen MR) is 47.2 cm³/mol. The Morgan fingerprint density at radius 2 is 2.31 bits per heavy atom. The second-order valence-electron chi connectivity index (χ2n) is 2.94. The van der Waals surface area contributed by atoms with Crippen molar-refractivity contribution in [2.45, 2.75) is 12.5 Å². The fraction of sp³-hybridized carbons (Fsp3) is 0.571. The van der Waals surface area contributed by atoms with Gasteiger partial charge in [0.05, 0.1) is 24.8 Å². The smallest absolute Gasteiger partial charge is 0.258 e. The lowest BCUT2D eigenvalue weighted by molar-refractivity contribution is -0.124. The number of aliphatic imine (C=N–C) groups is 1. The molecule has 1 fully saturated rings. The van der Waals surface area contributed by atoms with E-state index >= 15 is 0 Å². The average molecular weight is 200 g/mol. The van der Waals surface area contributed by atoms with E-state index in [9.17, 15) is 14.7 Å². The second-order valence-corrected chi connectivity index (χ2v) is 3.88. The van der Waals surface area contributed by atoms with Gasteiger partial charge in [-0.25, -0.2) is 0 Å². The van der Waals surface area contributed by atoms with Crippen LogP contribution < -0.4 is 0 Å². The topological polar surface area (TPSA) is 70.0 Å². The van der Waals surface area contributed by atoms with Crippen LogP contribution in [0.4, 0.5) is 0 Å². The maximum Gasteiger partial charge on any atom is 0.258 e. The lowest BCUT2D eigenvalue weighted by atomic mass is 10.3. The molecule has 0 aliphatic carbocycles. The highest BCUT2D eigenvalue weighted by Gasteiger charge is 2.33. The van der Waals surface area contributed by atoms with Crippen molar-refractivity contribution in [2.75, 3.05) is 12.3 Å². The van der Waals surface area contributed by atoms with E-state index in [1.165, 1.54) is 16.7 Å². The molecule has 1 atom stereocenters. The minimum atomic E-state index is -0.619. The molecule has 0 aromatic rings. The third kappa shape index (κ3) is 1.59. The normalized spacial score (nSPS) is 28.5. The first-order valence-electron chi connectivity index (χ1n) is 3.89. The molecule has 0 saturated carbocycles. The number of amides is 2. The Bertz CT molecular complexity index is 302. The van der Waals surface area contributed by atoms with E-state index in [0.717, 1.165) is 0 Å². The van der Waals surface area contributed by atoms with Crippen molar-refractivity contribution in [2.24, 2.45) is 4.99 Å². The number of carbonyl (C=O) groups excluding carboxylic acids is 2. The van der Waals surface area contributed by atoms with Crippen molar-refractivity contribution in [3.8, 4) is 0 Å². The highest BCUT2D eigenvalue weighted by Crippen LogP contribution is 2.21. The third-order valence-electron chi connectivity index (χ3n) is 1.88. The fourth-order valence-corrected chi connectivity index (χ4v) is 2.13. The second kappa shape index (κ2) is 3.12. The molecule has 2 aliphatic heterocycles. The molecule has 0 bridgehead atoms. The average Bonchev–Trinajstić information content (AvgIpc) is 2.58. The first-order chi connectivity index (χ1) is 6.16. The van der Waals surface area contributed by atoms with E-state index in [0.29, 0.717) is 10.9 Å². The van der Waals surface area contributed by atoms with E-state index in [4.69, 9.17) is 0 Å². The number of carbonyl (C=O) groups is 2. The van der Waals surface area contributed by atoms with Gasteiger partial charge in [-0.3, -0.25) is 14.5 Å². The Morgan fingerprint density at radius 1 is 1.54 bits per heavy atom. The van der Waals surface area contributed by atoms with Crippen LogP contribution in [0.5, 0.6) is 0 Å². The van der Waals surface area contributed by atoms with Gasteiger partial charge in [-0.2, -0.15) is 4.99 Å². The van der Waals surface area contributed by atoms with Crippen molar-refractivity contribution < 1.29 is 14.7 Å². The van der Waals surface area contributed by atoms with Gasteiger partial charge < -0.3 is 5.11 Å². The molecule has 0 radical (unpaired) electrons. The zero-order valence-corrected chi connectivity index (χ0v) is 7.58. The van der Waals surface area contributed by atoms with Gasteiger partial charge in [0.25, 0.3) is 5.91 Å². The lowest BCUT2D eigenvalue weighted by Crippen LogP contribution is -2.29. The molecule has 2 amide bonds. The van der Waals surface area contributed by atoms with Crippen LogP contribution >= 0.6 is 11.8 Å². The lowest BCUT2D eigenvalue weighted by Gasteiger charge is -2.12. The third-order valence-corrected chi connectivity index (χ3v) is 2.84. The number of nitrogens with zero attached hydrogens (tertiary/aromatic N) is 2. The first-order valence-corrected chi connectivity index (χ1v) is 4.88. The number of likely N-dealkylation sites (tertiary alicyclic amines) is 1. The monoisotopic (exact) mass is 200 g/mol. The molecule has 0 spiro atoms. The molecule has 2 heterocycles. The van der Waals surface area contributed by atoms with Crippen molar-refractivity contribution >= 4 is 28.7 Å². The van der Waals surface area contributed by atoms with Gasteiger partial charge in [-0.05, 0) is 0 Å². The molecule has 2 rings (SSSR count). The molecule has 1 N–H and O–H groups in total. The van der Waals surface area contributed by atoms with Gasteiger partial charge in [-0.15, -0.1) is 0 Å². The summed E-state index contributed by atoms with van der Waals surface area (Å²) < 4.78 is 0. The van der Waals surface area contributed by atoms with Crippen molar-refractivity contribution in [1.82, 2.24) is 4.90 Å². The van der Waals surface area contributed by atoms with Crippen LogP contribution in [-0.2, 0) is 9.59 Å². The molecule has 70 valence electrons. The van der Waals surface area contributed by atoms with E-state index in [2.05, 4.69) is 4.99 Å². The van der Waals surface area contributed by atoms with Gasteiger partial charge in [0, 0.05) is 0 Å². The zero-order chi connectivity index (χ0) is 9.42. The fourth-order valence-electron chi connectivity index (χ4n) is 1.31. The standard InChI is InChI=1S/C7H8N2O3S/c10-4-1-6(12)9(2-4)7-8-5(11)3-13-7/h4,10H,1-3H2. The summed E-state index contributed by atoms with van der Waals surface area (Å²) in [5.41, 5.74) is 0. The Hall–Kier alpha value is -0.880. The van der Waals surface area contributed by atoms with E-state index in [1.807, 2.05) is 0 Å². The highest BCUT2D eigenvalue weighted by atomic mass is 32.2. The van der Waals surface area contributed by atoms with Gasteiger partial charge in [0.1, 0.15) is 0 Å². The molecular formula is C7H8N2O3S. The summed E-state index contributed by atoms with van der Waals surface area (Å²) in [7, 11) is 0. The van der Waals surface area contributed by atoms with Crippen molar-refractivity contribution in [3.63, 3.8) is 0 Å². The SMILES string of the molecule is O=C1CSC(N2CC(O)CC2=O)=N1. The van der Waals surface area contributed by atoms with Crippen LogP contribution in [0.3, 0.4) is 0 Å². The van der Waals surface area contributed by atoms with Gasteiger partial charge in [-0.1, -0.05) is 11.8 Å². The molecule has 0 aromatic carbocycles. The Balaban J connectivity index is 2.13. The van der Waals surface area contributed by atoms with Crippen LogP contribution in [0.1, 0.15) is 6.42 Å². The van der Waals surface area contributed by atoms with E-state index in [1.54, 1.807) is 0 Å². The number of thioether (sulfide) groups is 1. The number of amidine groups is 1. The summed E-state index contributed by atoms with van der Waals surface area (Å²) in [5, 5.41) is 9.62. The quantitative estimate of drug-likeness (QED) is 0.556. The Kier molecular flexibility index (Phi) is 2.09. The number of aliphatic hydroxyl groups is 1. The molecule has 6 heteroatoms. The van der Waals surface area contributed by atoms with Crippen molar-refractivity contribution in [1.29, 1.82) is 0 Å². The van der Waals surface area contributed by atoms with Crippen molar-refractivity contribution in [3.05, 3.63) is 0 Å². The Labute approximate surface area is 78.8 Å². The minimum Gasteiger partial charge on any atom is -0.391 e. The van der Waals surface area contributed by atoms with Gasteiger partial charge in [0.15, 0.2) is 5.17 Å². The van der Waals surface area contributed by atoms with Crippen LogP contribution in [0.25, 0.3) is 0 Å². The maximum absolute atomic E-state index is 11.2. The number of hydrogen-bond acceptors (Lipinski definition) is 4. The first kappa shape index (κ1) is 8.71. The summed E-state index contributed by atoms with van der Waals surface area (Å²) in [6.45, 7) is 0.262. The molecule has 1 saturated heterocycles. The summed E-state index contributed by atoms with van der Waals surface area (Å²) in [6, 6.07) is 0. The number of hydrogen-bond donors (Lipinski definition) is 1. The summed E-state index contributed by atoms with van der Waals surface area (Å²) in [4.78, 5) is 27.1. The van der Waals surface area contributed by atoms with Crippen LogP contribution in [-0.4, -0.2) is 45.4 Å². The molecule has 0 aromatic heterocycles. The van der Waals surface area contributed by atoms with Crippen LogP contribution in [0.2, 0.25) is 0 Å². The highest BCUT2D eigenvalue weighted by molar-refractivity contribution is 8.14. The van der Waals surface area contributed by atoms with Crippen LogP contribution in [0, 0.1) is 0 Å². The predicted octanol–water partition coefficient (Wildman–Crippen LogP) is -0.791. The number of rotatable bonds is 0. The number of β-amino-alcohol motifs (C(OH)–C–C–N with tert-alkyl or cyclic N) is 1. The molecule has 5 nitrogen and oxygen atoms in total. The molecule has 13 heavy (non-hydrogen) atoms. The van der Waals surface area contributed by atoms with E-state index < -0.39 is 6.10 Å². The van der Waals surface area contributed by atoms with E-state index in [-0.39, 0.29) is 24.8 Å². The zero-order valence-electron chi connectivity index (χ0n) is 6.77. The molecule has 1 unspecified atom stereocenters. The van der Waals surface area contributed by atoms with Crippen LogP contribution in [0.15, 0.2) is 4.99 Å². The minimum absolute atomic E-state index is 0.133. The summed E-state index contributed by atoms with van der Waals surface area (Å²) in [6.07, 6.45) is -0.486. The maximum atomic E-state index is 11.2. The largest absolute Gasteiger partial charge is 0.391 e.